The lowest BCUT2D eigenvalue weighted by atomic mass is 10.3. The molecule has 1 N–H and O–H groups in total. The first kappa shape index (κ1) is 16.5. The maximum absolute atomic E-state index is 12.1. The summed E-state index contributed by atoms with van der Waals surface area (Å²) in [6.07, 6.45) is 7.54. The summed E-state index contributed by atoms with van der Waals surface area (Å²) >= 11 is 0. The van der Waals surface area contributed by atoms with E-state index in [-0.39, 0.29) is 18.2 Å². The van der Waals surface area contributed by atoms with Gasteiger partial charge in [0, 0.05) is 37.4 Å². The van der Waals surface area contributed by atoms with Crippen molar-refractivity contribution < 1.29 is 13.9 Å². The third-order valence-corrected chi connectivity index (χ3v) is 3.53. The van der Waals surface area contributed by atoms with Crippen LogP contribution in [0, 0.1) is 0 Å². The number of hydrogen-bond acceptors (Lipinski definition) is 7. The van der Waals surface area contributed by atoms with Gasteiger partial charge in [-0.1, -0.05) is 6.07 Å². The molecule has 9 nitrogen and oxygen atoms in total. The van der Waals surface area contributed by atoms with Crippen molar-refractivity contribution in [3.8, 4) is 23.3 Å². The maximum Gasteiger partial charge on any atom is 0.414 e. The number of nitrogens with zero attached hydrogens (tertiary/aromatic N) is 5. The molecule has 9 heteroatoms. The zero-order valence-electron chi connectivity index (χ0n) is 14.0. The number of amides is 1. The number of hydrogen-bond donors (Lipinski definition) is 1. The van der Waals surface area contributed by atoms with Gasteiger partial charge in [0.25, 0.3) is 0 Å². The van der Waals surface area contributed by atoms with Crippen molar-refractivity contribution in [3.05, 3.63) is 73.0 Å². The molecule has 0 fully saturated rings. The van der Waals surface area contributed by atoms with Crippen LogP contribution >= 0.6 is 0 Å². The molecule has 0 unspecified atom stereocenters. The average Bonchev–Trinajstić information content (AvgIpc) is 3.41. The van der Waals surface area contributed by atoms with Gasteiger partial charge in [-0.2, -0.15) is 10.1 Å². The summed E-state index contributed by atoms with van der Waals surface area (Å²) < 4.78 is 12.2. The van der Waals surface area contributed by atoms with Crippen LogP contribution in [0.1, 0.15) is 5.56 Å². The van der Waals surface area contributed by atoms with Gasteiger partial charge in [-0.25, -0.2) is 14.5 Å². The van der Waals surface area contributed by atoms with E-state index in [1.807, 2.05) is 6.07 Å². The molecule has 0 aliphatic rings. The Morgan fingerprint density at radius 2 is 2.15 bits per heavy atom. The molecule has 4 aromatic rings. The smallest absolute Gasteiger partial charge is 0.414 e. The number of ether oxygens (including phenoxy) is 1. The van der Waals surface area contributed by atoms with Gasteiger partial charge < -0.3 is 14.5 Å². The number of carbonyl (C=O) groups excluding carboxylic acids is 1. The van der Waals surface area contributed by atoms with Crippen LogP contribution in [0.25, 0.3) is 17.4 Å². The molecule has 0 bridgehead atoms. The van der Waals surface area contributed by atoms with Crippen molar-refractivity contribution in [1.29, 1.82) is 0 Å². The average molecular weight is 362 g/mol. The van der Waals surface area contributed by atoms with Crippen LogP contribution < -0.4 is 10.1 Å². The predicted octanol–water partition coefficient (Wildman–Crippen LogP) is 2.61. The van der Waals surface area contributed by atoms with Gasteiger partial charge in [-0.05, 0) is 29.8 Å². The van der Waals surface area contributed by atoms with Crippen molar-refractivity contribution in [2.45, 2.75) is 6.54 Å². The molecular weight excluding hydrogens is 348 g/mol. The molecule has 0 aromatic carbocycles. The van der Waals surface area contributed by atoms with E-state index < -0.39 is 6.09 Å². The predicted molar refractivity (Wildman–Crippen MR) is 94.0 cm³/mol. The fourth-order valence-electron chi connectivity index (χ4n) is 2.31. The number of carbonyl (C=O) groups is 1. The lowest BCUT2D eigenvalue weighted by Crippen LogP contribution is -2.26. The molecule has 0 aliphatic heterocycles. The van der Waals surface area contributed by atoms with Gasteiger partial charge in [-0.3, -0.25) is 4.98 Å². The summed E-state index contributed by atoms with van der Waals surface area (Å²) in [5.41, 5.74) is 0.852. The van der Waals surface area contributed by atoms with Crippen molar-refractivity contribution in [1.82, 2.24) is 30.0 Å². The summed E-state index contributed by atoms with van der Waals surface area (Å²) in [5, 5.41) is 6.79. The Bertz CT molecular complexity index is 964. The molecule has 0 aliphatic carbocycles. The number of pyridine rings is 1. The lowest BCUT2D eigenvalue weighted by Gasteiger charge is -2.08. The Hall–Kier alpha value is -4.01. The topological polar surface area (TPSA) is 108 Å². The Balaban J connectivity index is 1.55. The highest BCUT2D eigenvalue weighted by molar-refractivity contribution is 5.70. The zero-order valence-corrected chi connectivity index (χ0v) is 14.0. The summed E-state index contributed by atoms with van der Waals surface area (Å²) in [4.78, 5) is 24.7. The Morgan fingerprint density at radius 1 is 1.19 bits per heavy atom. The van der Waals surface area contributed by atoms with E-state index in [0.717, 1.165) is 5.56 Å². The van der Waals surface area contributed by atoms with Gasteiger partial charge in [0.2, 0.25) is 11.7 Å². The maximum atomic E-state index is 12.1. The molecule has 4 heterocycles. The van der Waals surface area contributed by atoms with Crippen LogP contribution in [0.2, 0.25) is 0 Å². The molecule has 0 saturated carbocycles. The quantitative estimate of drug-likeness (QED) is 0.581. The second-order valence-electron chi connectivity index (χ2n) is 5.42. The summed E-state index contributed by atoms with van der Waals surface area (Å²) in [5.74, 6) is 1.25. The van der Waals surface area contributed by atoms with E-state index >= 15 is 0 Å². The van der Waals surface area contributed by atoms with Crippen LogP contribution in [0.5, 0.6) is 5.88 Å². The fourth-order valence-corrected chi connectivity index (χ4v) is 2.31. The first-order valence-corrected chi connectivity index (χ1v) is 8.05. The third-order valence-electron chi connectivity index (χ3n) is 3.53. The van der Waals surface area contributed by atoms with Gasteiger partial charge in [-0.15, -0.1) is 0 Å². The van der Waals surface area contributed by atoms with E-state index in [2.05, 4.69) is 25.4 Å². The summed E-state index contributed by atoms with van der Waals surface area (Å²) in [6, 6.07) is 10.4. The summed E-state index contributed by atoms with van der Waals surface area (Å²) in [7, 11) is 0. The minimum Gasteiger partial charge on any atom is -0.461 e. The molecule has 4 rings (SSSR count). The van der Waals surface area contributed by atoms with Crippen molar-refractivity contribution >= 4 is 6.09 Å². The molecular formula is C18H14N6O3. The molecule has 0 saturated heterocycles. The SMILES string of the molecule is O=C(NCc1cccnc1)Oc1cc(-n2cccn2)nc(-c2ccco2)n1. The second-order valence-corrected chi connectivity index (χ2v) is 5.42. The monoisotopic (exact) mass is 362 g/mol. The highest BCUT2D eigenvalue weighted by Crippen LogP contribution is 2.21. The molecule has 0 atom stereocenters. The van der Waals surface area contributed by atoms with Crippen LogP contribution in [-0.4, -0.2) is 30.8 Å². The Kier molecular flexibility index (Phi) is 4.56. The van der Waals surface area contributed by atoms with E-state index in [1.54, 1.807) is 49.1 Å². The van der Waals surface area contributed by atoms with Crippen molar-refractivity contribution in [3.63, 3.8) is 0 Å². The van der Waals surface area contributed by atoms with E-state index in [0.29, 0.717) is 11.6 Å². The number of nitrogens with one attached hydrogen (secondary N) is 1. The third kappa shape index (κ3) is 3.98. The first-order valence-electron chi connectivity index (χ1n) is 8.05. The van der Waals surface area contributed by atoms with Gasteiger partial charge in [0.05, 0.1) is 6.26 Å². The Labute approximate surface area is 153 Å². The standard InChI is InChI=1S/C18H14N6O3/c25-18(20-12-13-4-1-6-19-11-13)27-16-10-15(24-8-3-7-21-24)22-17(23-16)14-5-2-9-26-14/h1-11H,12H2,(H,20,25). The lowest BCUT2D eigenvalue weighted by molar-refractivity contribution is 0.198. The van der Waals surface area contributed by atoms with Crippen LogP contribution in [0.3, 0.4) is 0 Å². The highest BCUT2D eigenvalue weighted by Gasteiger charge is 2.14. The van der Waals surface area contributed by atoms with E-state index in [9.17, 15) is 4.79 Å². The van der Waals surface area contributed by atoms with Crippen LogP contribution in [-0.2, 0) is 6.54 Å². The minimum absolute atomic E-state index is 0.0746. The first-order chi connectivity index (χ1) is 13.3. The van der Waals surface area contributed by atoms with Gasteiger partial charge in [0.1, 0.15) is 0 Å². The van der Waals surface area contributed by atoms with Crippen molar-refractivity contribution in [2.75, 3.05) is 0 Å². The van der Waals surface area contributed by atoms with E-state index in [4.69, 9.17) is 9.15 Å². The number of rotatable bonds is 5. The molecule has 134 valence electrons. The molecule has 4 aromatic heterocycles. The van der Waals surface area contributed by atoms with Crippen LogP contribution in [0.15, 0.2) is 71.9 Å². The number of furan rings is 1. The van der Waals surface area contributed by atoms with Gasteiger partial charge >= 0.3 is 6.09 Å². The number of aromatic nitrogens is 5. The summed E-state index contributed by atoms with van der Waals surface area (Å²) in [6.45, 7) is 0.287. The normalized spacial score (nSPS) is 10.5. The van der Waals surface area contributed by atoms with E-state index in [1.165, 1.54) is 17.0 Å². The molecule has 0 spiro atoms. The van der Waals surface area contributed by atoms with Crippen molar-refractivity contribution in [2.24, 2.45) is 0 Å². The highest BCUT2D eigenvalue weighted by atomic mass is 16.6. The Morgan fingerprint density at radius 3 is 2.89 bits per heavy atom. The molecule has 1 amide bonds. The molecule has 27 heavy (non-hydrogen) atoms. The fraction of sp³-hybridized carbons (Fsp3) is 0.0556. The van der Waals surface area contributed by atoms with Gasteiger partial charge in [0.15, 0.2) is 11.6 Å². The van der Waals surface area contributed by atoms with Crippen LogP contribution in [0.4, 0.5) is 4.79 Å². The second kappa shape index (κ2) is 7.48. The molecule has 0 radical (unpaired) electrons. The zero-order chi connectivity index (χ0) is 18.5. The minimum atomic E-state index is -0.644. The largest absolute Gasteiger partial charge is 0.461 e.